The van der Waals surface area contributed by atoms with Crippen LogP contribution in [-0.4, -0.2) is 75.8 Å². The zero-order valence-corrected chi connectivity index (χ0v) is 20.9. The summed E-state index contributed by atoms with van der Waals surface area (Å²) < 4.78 is 0. The van der Waals surface area contributed by atoms with Crippen LogP contribution in [0.3, 0.4) is 0 Å². The van der Waals surface area contributed by atoms with Crippen LogP contribution >= 0.6 is 0 Å². The minimum absolute atomic E-state index is 0.0612. The van der Waals surface area contributed by atoms with Crippen LogP contribution in [0.25, 0.3) is 10.9 Å². The number of carbonyl (C=O) groups excluding carboxylic acids is 2. The first kappa shape index (κ1) is 23.0. The van der Waals surface area contributed by atoms with Crippen molar-refractivity contribution in [3.8, 4) is 0 Å². The molecule has 2 aliphatic rings. The van der Waals surface area contributed by atoms with E-state index in [-0.39, 0.29) is 17.9 Å². The lowest BCUT2D eigenvalue weighted by Gasteiger charge is -2.34. The van der Waals surface area contributed by atoms with Crippen molar-refractivity contribution in [2.24, 2.45) is 0 Å². The van der Waals surface area contributed by atoms with E-state index in [1.54, 1.807) is 6.92 Å². The highest BCUT2D eigenvalue weighted by atomic mass is 16.2. The monoisotopic (exact) mass is 473 g/mol. The molecule has 3 aromatic rings. The van der Waals surface area contributed by atoms with Gasteiger partial charge in [-0.25, -0.2) is 4.98 Å². The third kappa shape index (κ3) is 4.15. The normalized spacial score (nSPS) is 15.8. The summed E-state index contributed by atoms with van der Waals surface area (Å²) in [5.41, 5.74) is 4.21. The zero-order valence-electron chi connectivity index (χ0n) is 20.9. The predicted octanol–water partition coefficient (Wildman–Crippen LogP) is 3.13. The Morgan fingerprint density at radius 3 is 2.46 bits per heavy atom. The first-order chi connectivity index (χ1) is 16.7. The van der Waals surface area contributed by atoms with Crippen molar-refractivity contribution in [1.82, 2.24) is 24.8 Å². The van der Waals surface area contributed by atoms with Gasteiger partial charge in [-0.15, -0.1) is 0 Å². The van der Waals surface area contributed by atoms with Crippen molar-refractivity contribution in [2.75, 3.05) is 43.0 Å². The molecule has 4 heterocycles. The highest BCUT2D eigenvalue weighted by Gasteiger charge is 2.36. The number of rotatable bonds is 4. The summed E-state index contributed by atoms with van der Waals surface area (Å²) in [4.78, 5) is 47.1. The maximum atomic E-state index is 13.3. The van der Waals surface area contributed by atoms with Gasteiger partial charge in [0.2, 0.25) is 11.9 Å². The topological polar surface area (TPSA) is 85.8 Å². The Bertz CT molecular complexity index is 1310. The quantitative estimate of drug-likeness (QED) is 0.575. The van der Waals surface area contributed by atoms with Gasteiger partial charge in [0.05, 0.1) is 12.1 Å². The first-order valence-corrected chi connectivity index (χ1v) is 12.1. The lowest BCUT2D eigenvalue weighted by Crippen LogP contribution is -2.48. The molecule has 0 spiro atoms. The van der Waals surface area contributed by atoms with Crippen molar-refractivity contribution in [3.05, 3.63) is 47.3 Å². The van der Waals surface area contributed by atoms with E-state index < -0.39 is 0 Å². The van der Waals surface area contributed by atoms with Crippen molar-refractivity contribution in [3.63, 3.8) is 0 Å². The van der Waals surface area contributed by atoms with Gasteiger partial charge in [-0.3, -0.25) is 14.6 Å². The van der Waals surface area contributed by atoms with Crippen molar-refractivity contribution < 1.29 is 9.59 Å². The third-order valence-electron chi connectivity index (χ3n) is 6.91. The molecule has 9 heteroatoms. The number of pyridine rings is 1. The van der Waals surface area contributed by atoms with Crippen LogP contribution < -0.4 is 9.80 Å². The summed E-state index contributed by atoms with van der Waals surface area (Å²) in [7, 11) is 1.98. The summed E-state index contributed by atoms with van der Waals surface area (Å²) in [5.74, 6) is 1.28. The van der Waals surface area contributed by atoms with E-state index in [2.05, 4.69) is 22.0 Å². The molecule has 1 saturated heterocycles. The Hall–Kier alpha value is -3.75. The van der Waals surface area contributed by atoms with Gasteiger partial charge in [-0.05, 0) is 45.0 Å². The van der Waals surface area contributed by atoms with Crippen LogP contribution in [0, 0.1) is 6.92 Å². The lowest BCUT2D eigenvalue weighted by atomic mass is 10.1. The van der Waals surface area contributed by atoms with Crippen molar-refractivity contribution in [2.45, 2.75) is 40.3 Å². The number of nitrogens with zero attached hydrogens (tertiary/aromatic N) is 7. The minimum atomic E-state index is -0.0612. The van der Waals surface area contributed by atoms with Gasteiger partial charge in [0.1, 0.15) is 11.5 Å². The molecule has 5 rings (SSSR count). The maximum absolute atomic E-state index is 13.3. The molecule has 2 amide bonds. The second-order valence-electron chi connectivity index (χ2n) is 9.58. The van der Waals surface area contributed by atoms with E-state index in [1.165, 1.54) is 0 Å². The fourth-order valence-corrected chi connectivity index (χ4v) is 4.76. The van der Waals surface area contributed by atoms with E-state index in [0.717, 1.165) is 33.7 Å². The number of carbonyl (C=O) groups is 2. The van der Waals surface area contributed by atoms with E-state index in [0.29, 0.717) is 44.4 Å². The predicted molar refractivity (Wildman–Crippen MR) is 136 cm³/mol. The molecule has 0 bridgehead atoms. The van der Waals surface area contributed by atoms with Crippen molar-refractivity contribution in [1.29, 1.82) is 0 Å². The molecule has 2 aromatic heterocycles. The number of amides is 2. The second-order valence-corrected chi connectivity index (χ2v) is 9.58. The molecule has 1 aromatic carbocycles. The van der Waals surface area contributed by atoms with Crippen LogP contribution in [0.1, 0.15) is 42.5 Å². The van der Waals surface area contributed by atoms with Gasteiger partial charge in [0.25, 0.3) is 5.91 Å². The van der Waals surface area contributed by atoms with Gasteiger partial charge < -0.3 is 19.6 Å². The average molecular weight is 474 g/mol. The largest absolute Gasteiger partial charge is 0.339 e. The molecule has 35 heavy (non-hydrogen) atoms. The van der Waals surface area contributed by atoms with Gasteiger partial charge in [-0.1, -0.05) is 6.07 Å². The third-order valence-corrected chi connectivity index (χ3v) is 6.91. The SMILES string of the molecule is CC(=O)N1CCN(c2nc3c(c(N(C)c4ccc5nc(C)ccc5c4)n2)CN(C(C)C)C3=O)CC1. The Morgan fingerprint density at radius 1 is 1.03 bits per heavy atom. The Balaban J connectivity index is 1.56. The number of aromatic nitrogens is 3. The molecular weight excluding hydrogens is 442 g/mol. The van der Waals surface area contributed by atoms with Crippen molar-refractivity contribution >= 4 is 40.2 Å². The average Bonchev–Trinajstić information content (AvgIpc) is 3.19. The van der Waals surface area contributed by atoms with E-state index in [1.807, 2.05) is 60.7 Å². The van der Waals surface area contributed by atoms with E-state index in [4.69, 9.17) is 9.97 Å². The zero-order chi connectivity index (χ0) is 24.9. The molecule has 0 aliphatic carbocycles. The summed E-state index contributed by atoms with van der Waals surface area (Å²) in [6.07, 6.45) is 0. The van der Waals surface area contributed by atoms with Crippen LogP contribution in [0.15, 0.2) is 30.3 Å². The first-order valence-electron chi connectivity index (χ1n) is 12.1. The van der Waals surface area contributed by atoms with Gasteiger partial charge in [-0.2, -0.15) is 4.98 Å². The summed E-state index contributed by atoms with van der Waals surface area (Å²) in [5, 5.41) is 1.05. The molecule has 9 nitrogen and oxygen atoms in total. The Labute approximate surface area is 205 Å². The fourth-order valence-electron chi connectivity index (χ4n) is 4.76. The number of fused-ring (bicyclic) bond motifs is 2. The summed E-state index contributed by atoms with van der Waals surface area (Å²) in [6, 6.07) is 10.3. The van der Waals surface area contributed by atoms with E-state index in [9.17, 15) is 9.59 Å². The molecule has 0 atom stereocenters. The molecule has 0 saturated carbocycles. The molecule has 0 radical (unpaired) electrons. The highest BCUT2D eigenvalue weighted by molar-refractivity contribution is 5.99. The number of hydrogen-bond donors (Lipinski definition) is 0. The second kappa shape index (κ2) is 8.79. The summed E-state index contributed by atoms with van der Waals surface area (Å²) >= 11 is 0. The van der Waals surface area contributed by atoms with E-state index >= 15 is 0 Å². The smallest absolute Gasteiger partial charge is 0.273 e. The summed E-state index contributed by atoms with van der Waals surface area (Å²) in [6.45, 7) is 10.6. The lowest BCUT2D eigenvalue weighted by molar-refractivity contribution is -0.129. The highest BCUT2D eigenvalue weighted by Crippen LogP contribution is 2.35. The number of benzene rings is 1. The van der Waals surface area contributed by atoms with Crippen LogP contribution in [0.4, 0.5) is 17.5 Å². The molecule has 1 fully saturated rings. The number of anilines is 3. The molecular formula is C26H31N7O2. The standard InChI is InChI=1S/C26H31N7O2/c1-16(2)33-15-21-23(25(33)35)28-26(32-12-10-31(11-13-32)18(4)34)29-24(21)30(5)20-8-9-22-19(14-20)7-6-17(3)27-22/h6-9,14,16H,10-13,15H2,1-5H3. The number of piperazine rings is 1. The minimum Gasteiger partial charge on any atom is -0.339 e. The van der Waals surface area contributed by atoms with Gasteiger partial charge in [0.15, 0.2) is 0 Å². The number of hydrogen-bond acceptors (Lipinski definition) is 7. The molecule has 0 N–H and O–H groups in total. The Morgan fingerprint density at radius 2 is 1.77 bits per heavy atom. The van der Waals surface area contributed by atoms with Gasteiger partial charge >= 0.3 is 0 Å². The maximum Gasteiger partial charge on any atom is 0.273 e. The number of aryl methyl sites for hydroxylation is 1. The molecule has 182 valence electrons. The molecule has 2 aliphatic heterocycles. The fraction of sp³-hybridized carbons (Fsp3) is 0.423. The van der Waals surface area contributed by atoms with Crippen LogP contribution in [-0.2, 0) is 11.3 Å². The Kier molecular flexibility index (Phi) is 5.78. The van der Waals surface area contributed by atoms with Gasteiger partial charge in [0, 0.05) is 68.5 Å². The van der Waals surface area contributed by atoms with Crippen LogP contribution in [0.5, 0.6) is 0 Å². The van der Waals surface area contributed by atoms with Crippen LogP contribution in [0.2, 0.25) is 0 Å². The molecule has 0 unspecified atom stereocenters.